The van der Waals surface area contributed by atoms with Crippen LogP contribution in [0.15, 0.2) is 30.6 Å². The van der Waals surface area contributed by atoms with Gasteiger partial charge in [-0.2, -0.15) is 0 Å². The first kappa shape index (κ1) is 15.2. The molecule has 0 radical (unpaired) electrons. The number of rotatable bonds is 3. The summed E-state index contributed by atoms with van der Waals surface area (Å²) in [5.41, 5.74) is 1.98. The molecule has 0 unspecified atom stereocenters. The molecule has 1 aliphatic carbocycles. The molecule has 24 heavy (non-hydrogen) atoms. The van der Waals surface area contributed by atoms with Gasteiger partial charge in [0, 0.05) is 35.9 Å². The molecule has 3 aromatic rings. The maximum Gasteiger partial charge on any atom is 0.164 e. The molecule has 4 nitrogen and oxygen atoms in total. The topological polar surface area (TPSA) is 43.6 Å². The number of halogens is 3. The third-order valence-corrected chi connectivity index (χ3v) is 4.30. The summed E-state index contributed by atoms with van der Waals surface area (Å²) in [4.78, 5) is 4.31. The normalized spacial score (nSPS) is 14.2. The summed E-state index contributed by atoms with van der Waals surface area (Å²) < 4.78 is 30.1. The van der Waals surface area contributed by atoms with Crippen molar-refractivity contribution in [2.75, 3.05) is 0 Å². The second kappa shape index (κ2) is 5.63. The molecule has 0 N–H and O–H groups in total. The molecule has 0 bridgehead atoms. The smallest absolute Gasteiger partial charge is 0.164 e. The van der Waals surface area contributed by atoms with E-state index in [2.05, 4.69) is 15.2 Å². The molecule has 1 aromatic carbocycles. The van der Waals surface area contributed by atoms with E-state index in [4.69, 9.17) is 11.6 Å². The van der Waals surface area contributed by atoms with Crippen molar-refractivity contribution < 1.29 is 8.78 Å². The van der Waals surface area contributed by atoms with Gasteiger partial charge < -0.3 is 4.57 Å². The number of nitrogens with zero attached hydrogens (tertiary/aromatic N) is 4. The first-order chi connectivity index (χ1) is 11.5. The first-order valence-electron chi connectivity index (χ1n) is 7.54. The summed E-state index contributed by atoms with van der Waals surface area (Å²) >= 11 is 6.12. The Morgan fingerprint density at radius 2 is 1.96 bits per heavy atom. The van der Waals surface area contributed by atoms with E-state index in [-0.39, 0.29) is 5.56 Å². The summed E-state index contributed by atoms with van der Waals surface area (Å²) in [7, 11) is 1.72. The van der Waals surface area contributed by atoms with Gasteiger partial charge in [-0.15, -0.1) is 10.2 Å². The van der Waals surface area contributed by atoms with Crippen molar-refractivity contribution in [3.63, 3.8) is 0 Å². The minimum Gasteiger partial charge on any atom is -0.317 e. The fourth-order valence-electron chi connectivity index (χ4n) is 2.82. The summed E-state index contributed by atoms with van der Waals surface area (Å²) in [6.45, 7) is 0. The van der Waals surface area contributed by atoms with E-state index in [1.54, 1.807) is 17.7 Å². The third-order valence-electron chi connectivity index (χ3n) is 4.11. The van der Waals surface area contributed by atoms with E-state index in [9.17, 15) is 8.78 Å². The number of hydrogen-bond acceptors (Lipinski definition) is 3. The van der Waals surface area contributed by atoms with E-state index < -0.39 is 11.6 Å². The Hall–Kier alpha value is -2.34. The Morgan fingerprint density at radius 1 is 1.17 bits per heavy atom. The van der Waals surface area contributed by atoms with Crippen LogP contribution in [0.5, 0.6) is 0 Å². The first-order valence-corrected chi connectivity index (χ1v) is 7.92. The average molecular weight is 347 g/mol. The highest BCUT2D eigenvalue weighted by molar-refractivity contribution is 6.29. The van der Waals surface area contributed by atoms with Crippen molar-refractivity contribution in [1.29, 1.82) is 0 Å². The molecule has 0 aliphatic heterocycles. The molecule has 0 atom stereocenters. The van der Waals surface area contributed by atoms with Crippen molar-refractivity contribution in [2.24, 2.45) is 7.05 Å². The molecule has 2 aromatic heterocycles. The zero-order valence-corrected chi connectivity index (χ0v) is 13.6. The lowest BCUT2D eigenvalue weighted by atomic mass is 9.97. The van der Waals surface area contributed by atoms with Crippen molar-refractivity contribution in [1.82, 2.24) is 19.7 Å². The molecule has 0 spiro atoms. The van der Waals surface area contributed by atoms with E-state index in [0.29, 0.717) is 28.0 Å². The fraction of sp³-hybridized carbons (Fsp3) is 0.235. The van der Waals surface area contributed by atoms with Gasteiger partial charge >= 0.3 is 0 Å². The van der Waals surface area contributed by atoms with Crippen LogP contribution in [-0.2, 0) is 7.05 Å². The van der Waals surface area contributed by atoms with Crippen LogP contribution in [0.3, 0.4) is 0 Å². The predicted octanol–water partition coefficient (Wildman–Crippen LogP) is 4.35. The highest BCUT2D eigenvalue weighted by atomic mass is 35.5. The van der Waals surface area contributed by atoms with Crippen LogP contribution >= 0.6 is 11.6 Å². The quantitative estimate of drug-likeness (QED) is 0.662. The minimum atomic E-state index is -0.670. The fourth-order valence-corrected chi connectivity index (χ4v) is 3.04. The van der Waals surface area contributed by atoms with Gasteiger partial charge in [0.25, 0.3) is 0 Å². The van der Waals surface area contributed by atoms with Crippen LogP contribution in [0.4, 0.5) is 8.78 Å². The summed E-state index contributed by atoms with van der Waals surface area (Å²) in [5.74, 6) is -0.595. The van der Waals surface area contributed by atoms with E-state index in [1.807, 2.05) is 6.07 Å². The van der Waals surface area contributed by atoms with Crippen molar-refractivity contribution in [3.05, 3.63) is 53.1 Å². The van der Waals surface area contributed by atoms with E-state index >= 15 is 0 Å². The lowest BCUT2D eigenvalue weighted by Crippen LogP contribution is -1.99. The van der Waals surface area contributed by atoms with E-state index in [1.165, 1.54) is 12.4 Å². The van der Waals surface area contributed by atoms with Crippen LogP contribution in [0.1, 0.15) is 24.5 Å². The zero-order valence-electron chi connectivity index (χ0n) is 12.8. The van der Waals surface area contributed by atoms with Crippen LogP contribution in [0.25, 0.3) is 22.5 Å². The highest BCUT2D eigenvalue weighted by Gasteiger charge is 2.27. The van der Waals surface area contributed by atoms with Crippen LogP contribution in [0.2, 0.25) is 5.15 Å². The summed E-state index contributed by atoms with van der Waals surface area (Å²) in [6, 6.07) is 5.53. The highest BCUT2D eigenvalue weighted by Crippen LogP contribution is 2.42. The number of aryl methyl sites for hydroxylation is 1. The second-order valence-electron chi connectivity index (χ2n) is 5.95. The van der Waals surface area contributed by atoms with Crippen LogP contribution in [-0.4, -0.2) is 19.7 Å². The van der Waals surface area contributed by atoms with Crippen LogP contribution < -0.4 is 0 Å². The molecule has 0 amide bonds. The lowest BCUT2D eigenvalue weighted by Gasteiger charge is -2.12. The second-order valence-corrected chi connectivity index (χ2v) is 6.34. The molecule has 1 fully saturated rings. The Kier molecular flexibility index (Phi) is 3.57. The molecule has 0 saturated heterocycles. The van der Waals surface area contributed by atoms with Gasteiger partial charge in [0.1, 0.15) is 23.1 Å². The summed E-state index contributed by atoms with van der Waals surface area (Å²) in [5, 5.41) is 8.07. The number of hydrogen-bond donors (Lipinski definition) is 0. The maximum atomic E-state index is 14.6. The molecule has 122 valence electrons. The average Bonchev–Trinajstić information content (AvgIpc) is 3.28. The lowest BCUT2D eigenvalue weighted by molar-refractivity contribution is 0.586. The number of aromatic nitrogens is 4. The number of benzene rings is 1. The Bertz CT molecular complexity index is 934. The maximum absolute atomic E-state index is 14.6. The largest absolute Gasteiger partial charge is 0.317 e. The molecule has 1 aliphatic rings. The Morgan fingerprint density at radius 3 is 2.62 bits per heavy atom. The van der Waals surface area contributed by atoms with Gasteiger partial charge in [-0.3, -0.25) is 0 Å². The number of pyridine rings is 1. The Balaban J connectivity index is 1.97. The minimum absolute atomic E-state index is 0.249. The predicted molar refractivity (Wildman–Crippen MR) is 86.6 cm³/mol. The molecular weight excluding hydrogens is 334 g/mol. The van der Waals surface area contributed by atoms with Gasteiger partial charge in [0.2, 0.25) is 0 Å². The molecular formula is C17H13ClF2N4. The molecule has 4 rings (SSSR count). The van der Waals surface area contributed by atoms with Gasteiger partial charge in [-0.25, -0.2) is 13.8 Å². The Labute approximate surface area is 142 Å². The van der Waals surface area contributed by atoms with Crippen molar-refractivity contribution in [2.45, 2.75) is 18.8 Å². The van der Waals surface area contributed by atoms with Gasteiger partial charge in [-0.05, 0) is 36.6 Å². The van der Waals surface area contributed by atoms with E-state index in [0.717, 1.165) is 24.6 Å². The van der Waals surface area contributed by atoms with Crippen molar-refractivity contribution >= 4 is 11.6 Å². The van der Waals surface area contributed by atoms with Gasteiger partial charge in [-0.1, -0.05) is 11.6 Å². The molecule has 2 heterocycles. The standard InChI is InChI=1S/C17H13ClF2N4/c1-24-8-21-23-17(24)12-6-11(19)7-13(20)16(12)10-4-14(9-2-3-9)22-15(18)5-10/h4-9H,2-3H2,1H3. The molecule has 7 heteroatoms. The van der Waals surface area contributed by atoms with Gasteiger partial charge in [0.05, 0.1) is 0 Å². The zero-order chi connectivity index (χ0) is 16.8. The van der Waals surface area contributed by atoms with Crippen molar-refractivity contribution in [3.8, 4) is 22.5 Å². The van der Waals surface area contributed by atoms with Gasteiger partial charge in [0.15, 0.2) is 5.82 Å². The monoisotopic (exact) mass is 346 g/mol. The SMILES string of the molecule is Cn1cnnc1-c1cc(F)cc(F)c1-c1cc(Cl)nc(C2CC2)c1. The molecule has 1 saturated carbocycles. The summed E-state index contributed by atoms with van der Waals surface area (Å²) in [6.07, 6.45) is 3.58. The third kappa shape index (κ3) is 2.67. The van der Waals surface area contributed by atoms with Crippen LogP contribution in [0, 0.1) is 11.6 Å².